The second-order valence-electron chi connectivity index (χ2n) is 4.20. The summed E-state index contributed by atoms with van der Waals surface area (Å²) in [5, 5.41) is 10.4. The lowest BCUT2D eigenvalue weighted by molar-refractivity contribution is 0.417. The zero-order chi connectivity index (χ0) is 13.8. The van der Waals surface area contributed by atoms with E-state index in [-0.39, 0.29) is 11.1 Å². The van der Waals surface area contributed by atoms with Crippen LogP contribution in [0.1, 0.15) is 25.5 Å². The van der Waals surface area contributed by atoms with Crippen molar-refractivity contribution in [3.8, 4) is 11.5 Å². The van der Waals surface area contributed by atoms with Gasteiger partial charge < -0.3 is 14.3 Å². The fraction of sp³-hybridized carbons (Fsp3) is 0.267. The molecular weight excluding hydrogens is 244 g/mol. The fourth-order valence-corrected chi connectivity index (χ4v) is 1.90. The van der Waals surface area contributed by atoms with Crippen molar-refractivity contribution in [2.75, 3.05) is 7.11 Å². The zero-order valence-corrected chi connectivity index (χ0v) is 11.0. The van der Waals surface area contributed by atoms with E-state index in [0.29, 0.717) is 16.9 Å². The molecule has 0 saturated carbocycles. The van der Waals surface area contributed by atoms with E-state index in [2.05, 4.69) is 6.92 Å². The average molecular weight is 260 g/mol. The quantitative estimate of drug-likeness (QED) is 0.916. The van der Waals surface area contributed by atoms with Crippen molar-refractivity contribution < 1.29 is 14.3 Å². The molecule has 0 bridgehead atoms. The van der Waals surface area contributed by atoms with Gasteiger partial charge in [0.05, 0.1) is 7.11 Å². The molecule has 4 nitrogen and oxygen atoms in total. The van der Waals surface area contributed by atoms with Crippen LogP contribution in [0.5, 0.6) is 11.5 Å². The van der Waals surface area contributed by atoms with Gasteiger partial charge in [-0.15, -0.1) is 0 Å². The summed E-state index contributed by atoms with van der Waals surface area (Å²) in [4.78, 5) is 11.9. The van der Waals surface area contributed by atoms with Crippen LogP contribution in [0, 0.1) is 0 Å². The van der Waals surface area contributed by atoms with Gasteiger partial charge in [-0.1, -0.05) is 19.4 Å². The first kappa shape index (κ1) is 13.2. The topological polar surface area (TPSA) is 59.7 Å². The van der Waals surface area contributed by atoms with Crippen LogP contribution in [-0.4, -0.2) is 12.2 Å². The predicted molar refractivity (Wildman–Crippen MR) is 74.6 cm³/mol. The van der Waals surface area contributed by atoms with Crippen molar-refractivity contribution in [3.05, 3.63) is 40.5 Å². The smallest absolute Gasteiger partial charge is 0.348 e. The van der Waals surface area contributed by atoms with Crippen LogP contribution in [0.4, 0.5) is 0 Å². The summed E-state index contributed by atoms with van der Waals surface area (Å²) < 4.78 is 10.4. The Bertz CT molecular complexity index is 668. The summed E-state index contributed by atoms with van der Waals surface area (Å²) >= 11 is 0. The second-order valence-corrected chi connectivity index (χ2v) is 4.20. The van der Waals surface area contributed by atoms with E-state index in [1.54, 1.807) is 18.2 Å². The van der Waals surface area contributed by atoms with E-state index in [1.807, 2.05) is 6.08 Å². The van der Waals surface area contributed by atoms with Crippen molar-refractivity contribution in [3.63, 3.8) is 0 Å². The van der Waals surface area contributed by atoms with E-state index in [0.717, 1.165) is 12.8 Å². The summed E-state index contributed by atoms with van der Waals surface area (Å²) in [5.41, 5.74) is -0.565. The van der Waals surface area contributed by atoms with Crippen molar-refractivity contribution in [1.29, 1.82) is 0 Å². The molecule has 0 aliphatic carbocycles. The van der Waals surface area contributed by atoms with Crippen LogP contribution < -0.4 is 10.4 Å². The first-order valence-corrected chi connectivity index (χ1v) is 6.17. The predicted octanol–water partition coefficient (Wildman–Crippen LogP) is 3.32. The minimum Gasteiger partial charge on any atom is -0.507 e. The molecule has 100 valence electrons. The molecule has 0 amide bonds. The maximum atomic E-state index is 11.9. The molecule has 0 fully saturated rings. The first-order valence-electron chi connectivity index (χ1n) is 6.17. The number of fused-ring (bicyclic) bond motifs is 1. The third kappa shape index (κ3) is 2.62. The van der Waals surface area contributed by atoms with E-state index in [4.69, 9.17) is 9.15 Å². The van der Waals surface area contributed by atoms with Gasteiger partial charge in [0.25, 0.3) is 0 Å². The number of hydrogen-bond acceptors (Lipinski definition) is 4. The Hall–Kier alpha value is -2.23. The maximum Gasteiger partial charge on any atom is 0.348 e. The summed E-state index contributed by atoms with van der Waals surface area (Å²) in [6.45, 7) is 2.07. The monoisotopic (exact) mass is 260 g/mol. The van der Waals surface area contributed by atoms with Crippen LogP contribution in [0.2, 0.25) is 0 Å². The highest BCUT2D eigenvalue weighted by Crippen LogP contribution is 2.30. The number of phenols is 1. The lowest BCUT2D eigenvalue weighted by atomic mass is 10.1. The van der Waals surface area contributed by atoms with Gasteiger partial charge in [-0.2, -0.15) is 0 Å². The van der Waals surface area contributed by atoms with Crippen LogP contribution in [0.25, 0.3) is 16.8 Å². The Balaban J connectivity index is 2.64. The molecular formula is C15H16O4. The molecule has 1 heterocycles. The largest absolute Gasteiger partial charge is 0.507 e. The fourth-order valence-electron chi connectivity index (χ4n) is 1.90. The number of phenolic OH excluding ortho intramolecular Hbond substituents is 1. The lowest BCUT2D eigenvalue weighted by Crippen LogP contribution is -2.01. The van der Waals surface area contributed by atoms with Gasteiger partial charge in [0, 0.05) is 5.39 Å². The Labute approximate surface area is 110 Å². The second kappa shape index (κ2) is 5.61. The molecule has 0 unspecified atom stereocenters. The van der Waals surface area contributed by atoms with Crippen molar-refractivity contribution >= 4 is 16.8 Å². The number of ether oxygens (including phenoxy) is 1. The maximum absolute atomic E-state index is 11.9. The van der Waals surface area contributed by atoms with Gasteiger partial charge in [0.1, 0.15) is 22.6 Å². The van der Waals surface area contributed by atoms with Gasteiger partial charge >= 0.3 is 5.63 Å². The standard InChI is InChI=1S/C15H16O4/c1-3-4-5-6-10-9-11-13(18-2)8-7-12(16)14(11)15(17)19-10/h5-9,16H,3-4H2,1-2H3/b6-5+. The summed E-state index contributed by atoms with van der Waals surface area (Å²) in [6, 6.07) is 4.74. The molecule has 19 heavy (non-hydrogen) atoms. The highest BCUT2D eigenvalue weighted by atomic mass is 16.5. The molecule has 0 spiro atoms. The highest BCUT2D eigenvalue weighted by molar-refractivity contribution is 5.92. The number of allylic oxidation sites excluding steroid dienone is 1. The van der Waals surface area contributed by atoms with Gasteiger partial charge in [0.2, 0.25) is 0 Å². The normalized spacial score (nSPS) is 11.3. The third-order valence-corrected chi connectivity index (χ3v) is 2.84. The molecule has 0 aliphatic rings. The molecule has 1 aromatic heterocycles. The van der Waals surface area contributed by atoms with E-state index < -0.39 is 5.63 Å². The number of benzene rings is 1. The molecule has 1 aromatic carbocycles. The van der Waals surface area contributed by atoms with Gasteiger partial charge in [0.15, 0.2) is 0 Å². The average Bonchev–Trinajstić information content (AvgIpc) is 2.39. The van der Waals surface area contributed by atoms with Gasteiger partial charge in [-0.05, 0) is 30.7 Å². The minimum absolute atomic E-state index is 0.103. The van der Waals surface area contributed by atoms with Crippen LogP contribution in [0.15, 0.2) is 33.5 Å². The molecule has 4 heteroatoms. The SMILES string of the molecule is CCC/C=C/c1cc2c(OC)ccc(O)c2c(=O)o1. The van der Waals surface area contributed by atoms with E-state index >= 15 is 0 Å². The zero-order valence-electron chi connectivity index (χ0n) is 11.0. The molecule has 2 rings (SSSR count). The molecule has 0 radical (unpaired) electrons. The van der Waals surface area contributed by atoms with Crippen molar-refractivity contribution in [2.45, 2.75) is 19.8 Å². The third-order valence-electron chi connectivity index (χ3n) is 2.84. The minimum atomic E-state index is -0.565. The Morgan fingerprint density at radius 2 is 2.21 bits per heavy atom. The Morgan fingerprint density at radius 1 is 1.42 bits per heavy atom. The summed E-state index contributed by atoms with van der Waals surface area (Å²) in [7, 11) is 1.52. The summed E-state index contributed by atoms with van der Waals surface area (Å²) in [5.74, 6) is 0.884. The number of aromatic hydroxyl groups is 1. The molecule has 2 aromatic rings. The molecule has 0 saturated heterocycles. The van der Waals surface area contributed by atoms with Crippen LogP contribution >= 0.6 is 0 Å². The Morgan fingerprint density at radius 3 is 2.89 bits per heavy atom. The van der Waals surface area contributed by atoms with E-state index in [9.17, 15) is 9.90 Å². The Kier molecular flexibility index (Phi) is 3.90. The molecule has 0 aliphatic heterocycles. The van der Waals surface area contributed by atoms with E-state index in [1.165, 1.54) is 13.2 Å². The van der Waals surface area contributed by atoms with Crippen LogP contribution in [0.3, 0.4) is 0 Å². The molecule has 0 atom stereocenters. The number of hydrogen-bond donors (Lipinski definition) is 1. The molecule has 1 N–H and O–H groups in total. The van der Waals surface area contributed by atoms with Gasteiger partial charge in [-0.25, -0.2) is 4.79 Å². The van der Waals surface area contributed by atoms with Crippen LogP contribution in [-0.2, 0) is 0 Å². The van der Waals surface area contributed by atoms with Crippen molar-refractivity contribution in [2.24, 2.45) is 0 Å². The highest BCUT2D eigenvalue weighted by Gasteiger charge is 2.12. The van der Waals surface area contributed by atoms with Gasteiger partial charge in [-0.3, -0.25) is 0 Å². The first-order chi connectivity index (χ1) is 9.17. The van der Waals surface area contributed by atoms with Crippen molar-refractivity contribution in [1.82, 2.24) is 0 Å². The number of methoxy groups -OCH3 is 1. The lowest BCUT2D eigenvalue weighted by Gasteiger charge is -2.06. The number of rotatable bonds is 4. The number of unbranched alkanes of at least 4 members (excludes halogenated alkanes) is 1. The summed E-state index contributed by atoms with van der Waals surface area (Å²) in [6.07, 6.45) is 5.64.